The van der Waals surface area contributed by atoms with Crippen molar-refractivity contribution in [1.82, 2.24) is 4.57 Å². The van der Waals surface area contributed by atoms with Crippen molar-refractivity contribution in [3.63, 3.8) is 0 Å². The fraction of sp³-hybridized carbons (Fsp3) is 0.111. The Hall–Kier alpha value is -2.11. The molecule has 0 fully saturated rings. The second-order valence-electron chi connectivity index (χ2n) is 3.03. The Morgan fingerprint density at radius 1 is 1.53 bits per heavy atom. The van der Waals surface area contributed by atoms with E-state index in [9.17, 15) is 14.0 Å². The maximum Gasteiger partial charge on any atom is 0.419 e. The van der Waals surface area contributed by atoms with Gasteiger partial charge in [-0.2, -0.15) is 0 Å². The summed E-state index contributed by atoms with van der Waals surface area (Å²) >= 11 is 0. The predicted octanol–water partition coefficient (Wildman–Crippen LogP) is 0.969. The van der Waals surface area contributed by atoms with E-state index in [1.165, 1.54) is 7.05 Å². The molecule has 1 N–H and O–H groups in total. The lowest BCUT2D eigenvalue weighted by atomic mass is 10.2. The highest BCUT2D eigenvalue weighted by Gasteiger charge is 2.17. The summed E-state index contributed by atoms with van der Waals surface area (Å²) in [6.07, 6.45) is 0. The van der Waals surface area contributed by atoms with Crippen LogP contribution in [0.15, 0.2) is 21.3 Å². The topological polar surface area (TPSA) is 72.4 Å². The molecule has 1 aromatic heterocycles. The maximum absolute atomic E-state index is 13.0. The van der Waals surface area contributed by atoms with Gasteiger partial charge in [-0.25, -0.2) is 14.0 Å². The molecule has 2 aromatic rings. The number of carbonyl (C=O) groups is 1. The van der Waals surface area contributed by atoms with Crippen LogP contribution in [-0.4, -0.2) is 15.6 Å². The highest BCUT2D eigenvalue weighted by atomic mass is 19.1. The van der Waals surface area contributed by atoms with E-state index in [-0.39, 0.29) is 16.7 Å². The first-order chi connectivity index (χ1) is 7.00. The van der Waals surface area contributed by atoms with E-state index in [4.69, 9.17) is 5.11 Å². The third-order valence-corrected chi connectivity index (χ3v) is 2.08. The van der Waals surface area contributed by atoms with Gasteiger partial charge in [-0.05, 0) is 6.07 Å². The fourth-order valence-electron chi connectivity index (χ4n) is 1.41. The summed E-state index contributed by atoms with van der Waals surface area (Å²) < 4.78 is 18.7. The zero-order valence-corrected chi connectivity index (χ0v) is 7.65. The van der Waals surface area contributed by atoms with E-state index in [2.05, 4.69) is 4.42 Å². The molecule has 0 saturated heterocycles. The van der Waals surface area contributed by atoms with Crippen molar-refractivity contribution in [3.8, 4) is 0 Å². The minimum atomic E-state index is -1.31. The number of hydrogen-bond acceptors (Lipinski definition) is 3. The molecule has 0 aliphatic heterocycles. The molecule has 0 bridgehead atoms. The van der Waals surface area contributed by atoms with Gasteiger partial charge < -0.3 is 9.52 Å². The standard InChI is InChI=1S/C9H6FNO4/c1-11-7-5(8(12)13)2-4(10)3-6(7)15-9(11)14/h2-3H,1H3,(H,12,13). The summed E-state index contributed by atoms with van der Waals surface area (Å²) in [5.74, 6) is -2.79. The molecule has 5 nitrogen and oxygen atoms in total. The third kappa shape index (κ3) is 1.30. The Balaban J connectivity index is 3.01. The minimum absolute atomic E-state index is 0.0695. The summed E-state index contributed by atoms with van der Waals surface area (Å²) in [5.41, 5.74) is -0.285. The summed E-state index contributed by atoms with van der Waals surface area (Å²) in [7, 11) is 1.36. The molecule has 0 amide bonds. The molecule has 6 heteroatoms. The summed E-state index contributed by atoms with van der Waals surface area (Å²) in [6.45, 7) is 0. The van der Waals surface area contributed by atoms with Gasteiger partial charge in [0.25, 0.3) is 0 Å². The Labute approximate surface area is 82.3 Å². The van der Waals surface area contributed by atoms with Crippen LogP contribution in [0.4, 0.5) is 4.39 Å². The van der Waals surface area contributed by atoms with Gasteiger partial charge in [0.2, 0.25) is 0 Å². The van der Waals surface area contributed by atoms with Gasteiger partial charge in [0, 0.05) is 13.1 Å². The molecule has 0 unspecified atom stereocenters. The number of carboxylic acids is 1. The Kier molecular flexibility index (Phi) is 1.85. The number of aromatic nitrogens is 1. The largest absolute Gasteiger partial charge is 0.478 e. The quantitative estimate of drug-likeness (QED) is 0.762. The van der Waals surface area contributed by atoms with Crippen molar-refractivity contribution in [2.75, 3.05) is 0 Å². The zero-order valence-electron chi connectivity index (χ0n) is 7.65. The lowest BCUT2D eigenvalue weighted by molar-refractivity contribution is 0.0698. The van der Waals surface area contributed by atoms with E-state index in [1.54, 1.807) is 0 Å². The first-order valence-corrected chi connectivity index (χ1v) is 4.03. The van der Waals surface area contributed by atoms with Crippen molar-refractivity contribution >= 4 is 17.1 Å². The number of carboxylic acid groups (broad SMARTS) is 1. The van der Waals surface area contributed by atoms with Gasteiger partial charge in [0.15, 0.2) is 5.58 Å². The summed E-state index contributed by atoms with van der Waals surface area (Å²) in [4.78, 5) is 21.9. The number of nitrogens with zero attached hydrogens (tertiary/aromatic N) is 1. The molecule has 0 radical (unpaired) electrons. The summed E-state index contributed by atoms with van der Waals surface area (Å²) in [6, 6.07) is 1.82. The monoisotopic (exact) mass is 211 g/mol. The second-order valence-corrected chi connectivity index (χ2v) is 3.03. The number of benzene rings is 1. The lowest BCUT2D eigenvalue weighted by Gasteiger charge is -1.98. The van der Waals surface area contributed by atoms with Crippen molar-refractivity contribution < 1.29 is 18.7 Å². The smallest absolute Gasteiger partial charge is 0.419 e. The molecule has 0 aliphatic carbocycles. The van der Waals surface area contributed by atoms with Crippen LogP contribution in [0.25, 0.3) is 11.1 Å². The van der Waals surface area contributed by atoms with Gasteiger partial charge in [-0.1, -0.05) is 0 Å². The number of fused-ring (bicyclic) bond motifs is 1. The fourth-order valence-corrected chi connectivity index (χ4v) is 1.41. The SMILES string of the molecule is Cn1c(=O)oc2cc(F)cc(C(=O)O)c21. The van der Waals surface area contributed by atoms with E-state index in [0.717, 1.165) is 16.7 Å². The van der Waals surface area contributed by atoms with Crippen LogP contribution in [0.3, 0.4) is 0 Å². The lowest BCUT2D eigenvalue weighted by Crippen LogP contribution is -2.10. The van der Waals surface area contributed by atoms with Gasteiger partial charge >= 0.3 is 11.7 Å². The number of aryl methyl sites for hydroxylation is 1. The Morgan fingerprint density at radius 2 is 2.20 bits per heavy atom. The first-order valence-electron chi connectivity index (χ1n) is 4.03. The molecule has 1 aromatic carbocycles. The molecule has 0 aliphatic rings. The highest BCUT2D eigenvalue weighted by molar-refractivity contribution is 6.00. The number of halogens is 1. The van der Waals surface area contributed by atoms with Gasteiger partial charge in [0.05, 0.1) is 5.56 Å². The van der Waals surface area contributed by atoms with Crippen molar-refractivity contribution in [3.05, 3.63) is 34.1 Å². The molecule has 15 heavy (non-hydrogen) atoms. The van der Waals surface area contributed by atoms with E-state index in [1.807, 2.05) is 0 Å². The number of aromatic carboxylic acids is 1. The molecule has 2 rings (SSSR count). The third-order valence-electron chi connectivity index (χ3n) is 2.08. The zero-order chi connectivity index (χ0) is 11.2. The molecular formula is C9H6FNO4. The van der Waals surface area contributed by atoms with Gasteiger partial charge in [-0.3, -0.25) is 4.57 Å². The second kappa shape index (κ2) is 2.94. The van der Waals surface area contributed by atoms with Crippen LogP contribution in [-0.2, 0) is 7.05 Å². The first kappa shape index (κ1) is 9.45. The molecule has 0 atom stereocenters. The predicted molar refractivity (Wildman–Crippen MR) is 48.4 cm³/mol. The van der Waals surface area contributed by atoms with E-state index >= 15 is 0 Å². The van der Waals surface area contributed by atoms with Crippen molar-refractivity contribution in [2.24, 2.45) is 7.05 Å². The van der Waals surface area contributed by atoms with Crippen LogP contribution < -0.4 is 5.76 Å². The van der Waals surface area contributed by atoms with Gasteiger partial charge in [0.1, 0.15) is 11.3 Å². The summed E-state index contributed by atoms with van der Waals surface area (Å²) in [5, 5.41) is 8.82. The van der Waals surface area contributed by atoms with Crippen LogP contribution >= 0.6 is 0 Å². The normalized spacial score (nSPS) is 10.8. The van der Waals surface area contributed by atoms with Crippen LogP contribution in [0.5, 0.6) is 0 Å². The number of hydrogen-bond donors (Lipinski definition) is 1. The van der Waals surface area contributed by atoms with E-state index < -0.39 is 17.5 Å². The van der Waals surface area contributed by atoms with Crippen molar-refractivity contribution in [1.29, 1.82) is 0 Å². The average Bonchev–Trinajstić information content (AvgIpc) is 2.41. The number of oxazole rings is 1. The van der Waals surface area contributed by atoms with E-state index in [0.29, 0.717) is 0 Å². The molecular weight excluding hydrogens is 205 g/mol. The van der Waals surface area contributed by atoms with Gasteiger partial charge in [-0.15, -0.1) is 0 Å². The van der Waals surface area contributed by atoms with Crippen molar-refractivity contribution in [2.45, 2.75) is 0 Å². The highest BCUT2D eigenvalue weighted by Crippen LogP contribution is 2.19. The molecule has 78 valence electrons. The maximum atomic E-state index is 13.0. The average molecular weight is 211 g/mol. The Morgan fingerprint density at radius 3 is 2.80 bits per heavy atom. The minimum Gasteiger partial charge on any atom is -0.478 e. The Bertz CT molecular complexity index is 610. The molecule has 0 saturated carbocycles. The molecule has 1 heterocycles. The van der Waals surface area contributed by atoms with Crippen LogP contribution in [0.1, 0.15) is 10.4 Å². The number of rotatable bonds is 1. The van der Waals surface area contributed by atoms with Crippen LogP contribution in [0, 0.1) is 5.82 Å². The molecule has 0 spiro atoms. The van der Waals surface area contributed by atoms with Crippen LogP contribution in [0.2, 0.25) is 0 Å².